The number of aliphatic hydroxyl groups excluding tert-OH is 1. The van der Waals surface area contributed by atoms with E-state index in [9.17, 15) is 13.2 Å². The van der Waals surface area contributed by atoms with Crippen LogP contribution in [-0.4, -0.2) is 39.4 Å². The summed E-state index contributed by atoms with van der Waals surface area (Å²) in [6, 6.07) is 0. The number of hydrogen-bond acceptors (Lipinski definition) is 5. The Morgan fingerprint density at radius 3 is 2.53 bits per heavy atom. The molecule has 0 aliphatic carbocycles. The molecule has 0 aromatic carbocycles. The van der Waals surface area contributed by atoms with Crippen molar-refractivity contribution in [2.24, 2.45) is 5.92 Å². The van der Waals surface area contributed by atoms with Crippen molar-refractivity contribution in [1.29, 1.82) is 0 Å². The Hall–Kier alpha value is -0.860. The average molecular weight is 268 g/mol. The molecule has 8 heteroatoms. The maximum absolute atomic E-state index is 11.4. The first-order chi connectivity index (χ1) is 7.95. The van der Waals surface area contributed by atoms with Crippen LogP contribution in [0.1, 0.15) is 26.7 Å². The largest absolute Gasteiger partial charge is 0.449 e. The Kier molecular flexibility index (Phi) is 7.85. The second-order valence-electron chi connectivity index (χ2n) is 3.46. The van der Waals surface area contributed by atoms with Crippen LogP contribution in [0, 0.1) is 5.92 Å². The Bertz CT molecular complexity index is 317. The molecule has 0 aromatic heterocycles. The zero-order valence-corrected chi connectivity index (χ0v) is 10.9. The van der Waals surface area contributed by atoms with Gasteiger partial charge >= 0.3 is 16.3 Å². The van der Waals surface area contributed by atoms with Gasteiger partial charge < -0.3 is 9.84 Å². The molecule has 0 heterocycles. The Morgan fingerprint density at radius 2 is 2.06 bits per heavy atom. The van der Waals surface area contributed by atoms with Crippen LogP contribution in [0.3, 0.4) is 0 Å². The van der Waals surface area contributed by atoms with Gasteiger partial charge in [0.15, 0.2) is 0 Å². The molecule has 0 rings (SSSR count). The van der Waals surface area contributed by atoms with Gasteiger partial charge in [0.1, 0.15) is 0 Å². The van der Waals surface area contributed by atoms with Gasteiger partial charge in [-0.15, -0.1) is 0 Å². The van der Waals surface area contributed by atoms with Gasteiger partial charge in [-0.2, -0.15) is 13.1 Å². The van der Waals surface area contributed by atoms with Crippen molar-refractivity contribution in [2.45, 2.75) is 26.7 Å². The molecule has 1 unspecified atom stereocenters. The topological polar surface area (TPSA) is 105 Å². The summed E-state index contributed by atoms with van der Waals surface area (Å²) in [6.45, 7) is 3.75. The van der Waals surface area contributed by atoms with Crippen LogP contribution in [0.15, 0.2) is 0 Å². The summed E-state index contributed by atoms with van der Waals surface area (Å²) in [4.78, 5) is 10.9. The molecule has 17 heavy (non-hydrogen) atoms. The van der Waals surface area contributed by atoms with E-state index in [-0.39, 0.29) is 25.7 Å². The van der Waals surface area contributed by atoms with Crippen LogP contribution in [-0.2, 0) is 14.9 Å². The van der Waals surface area contributed by atoms with Crippen LogP contribution in [0.5, 0.6) is 0 Å². The third kappa shape index (κ3) is 7.94. The van der Waals surface area contributed by atoms with Crippen molar-refractivity contribution < 1.29 is 23.1 Å². The molecular formula is C9H20N2O5S. The normalized spacial score (nSPS) is 13.1. The molecule has 0 spiro atoms. The zero-order valence-electron chi connectivity index (χ0n) is 10.1. The summed E-state index contributed by atoms with van der Waals surface area (Å²) in [5.41, 5.74) is 0. The van der Waals surface area contributed by atoms with Crippen molar-refractivity contribution in [3.63, 3.8) is 0 Å². The molecule has 0 aliphatic heterocycles. The number of nitrogens with one attached hydrogen (secondary N) is 2. The molecule has 102 valence electrons. The molecule has 1 amide bonds. The highest BCUT2D eigenvalue weighted by Crippen LogP contribution is 2.05. The van der Waals surface area contributed by atoms with Crippen molar-refractivity contribution in [3.05, 3.63) is 0 Å². The fourth-order valence-corrected chi connectivity index (χ4v) is 1.97. The molecule has 0 saturated heterocycles. The van der Waals surface area contributed by atoms with Gasteiger partial charge in [0.2, 0.25) is 0 Å². The summed E-state index contributed by atoms with van der Waals surface area (Å²) >= 11 is 0. The molecule has 0 aromatic rings. The lowest BCUT2D eigenvalue weighted by Gasteiger charge is -2.14. The van der Waals surface area contributed by atoms with E-state index in [2.05, 4.69) is 9.46 Å². The minimum absolute atomic E-state index is 0.00550. The smallest absolute Gasteiger partial charge is 0.421 e. The third-order valence-electron chi connectivity index (χ3n) is 2.17. The summed E-state index contributed by atoms with van der Waals surface area (Å²) in [5.74, 6) is 0.0405. The van der Waals surface area contributed by atoms with Crippen molar-refractivity contribution in [2.75, 3.05) is 19.8 Å². The molecular weight excluding hydrogens is 248 g/mol. The lowest BCUT2D eigenvalue weighted by Crippen LogP contribution is -2.42. The Labute approximate surface area is 102 Å². The lowest BCUT2D eigenvalue weighted by molar-refractivity contribution is 0.158. The first-order valence-electron chi connectivity index (χ1n) is 5.50. The predicted molar refractivity (Wildman–Crippen MR) is 62.6 cm³/mol. The van der Waals surface area contributed by atoms with E-state index < -0.39 is 16.3 Å². The first kappa shape index (κ1) is 16.1. The fraction of sp³-hybridized carbons (Fsp3) is 0.889. The van der Waals surface area contributed by atoms with E-state index in [4.69, 9.17) is 5.11 Å². The van der Waals surface area contributed by atoms with Crippen LogP contribution in [0.4, 0.5) is 4.79 Å². The van der Waals surface area contributed by atoms with Crippen molar-refractivity contribution in [1.82, 2.24) is 9.44 Å². The van der Waals surface area contributed by atoms with Gasteiger partial charge in [0.05, 0.1) is 6.61 Å². The van der Waals surface area contributed by atoms with E-state index >= 15 is 0 Å². The maximum Gasteiger partial charge on any atom is 0.421 e. The van der Waals surface area contributed by atoms with Crippen molar-refractivity contribution in [3.8, 4) is 0 Å². The third-order valence-corrected chi connectivity index (χ3v) is 3.15. The van der Waals surface area contributed by atoms with E-state index in [1.165, 1.54) is 0 Å². The predicted octanol–water partition coefficient (Wildman–Crippen LogP) is -0.0245. The summed E-state index contributed by atoms with van der Waals surface area (Å²) in [7, 11) is -3.88. The average Bonchev–Trinajstić information content (AvgIpc) is 2.23. The van der Waals surface area contributed by atoms with E-state index in [0.29, 0.717) is 6.42 Å². The summed E-state index contributed by atoms with van der Waals surface area (Å²) < 4.78 is 31.1. The van der Waals surface area contributed by atoms with E-state index in [1.807, 2.05) is 6.92 Å². The quantitative estimate of drug-likeness (QED) is 0.573. The van der Waals surface area contributed by atoms with Crippen molar-refractivity contribution >= 4 is 16.3 Å². The van der Waals surface area contributed by atoms with Gasteiger partial charge in [0, 0.05) is 13.2 Å². The van der Waals surface area contributed by atoms with E-state index in [1.54, 1.807) is 11.6 Å². The highest BCUT2D eigenvalue weighted by atomic mass is 32.2. The number of amides is 1. The molecule has 0 bridgehead atoms. The standard InChI is InChI=1S/C9H20N2O5S/c1-3-8(5-6-12)7-10-17(14,15)11-9(13)16-4-2/h8,10,12H,3-7H2,1-2H3,(H,11,13). The number of ether oxygens (including phenoxy) is 1. The Morgan fingerprint density at radius 1 is 1.41 bits per heavy atom. The summed E-state index contributed by atoms with van der Waals surface area (Å²) in [6.07, 6.45) is 0.246. The zero-order chi connectivity index (χ0) is 13.3. The number of rotatable bonds is 8. The van der Waals surface area contributed by atoms with Gasteiger partial charge in [-0.25, -0.2) is 9.52 Å². The molecule has 0 aliphatic rings. The monoisotopic (exact) mass is 268 g/mol. The lowest BCUT2D eigenvalue weighted by atomic mass is 10.0. The van der Waals surface area contributed by atoms with Crippen LogP contribution in [0.25, 0.3) is 0 Å². The van der Waals surface area contributed by atoms with Gasteiger partial charge in [0.25, 0.3) is 0 Å². The molecule has 0 saturated carbocycles. The van der Waals surface area contributed by atoms with Gasteiger partial charge in [-0.05, 0) is 19.3 Å². The second-order valence-corrected chi connectivity index (χ2v) is 4.96. The summed E-state index contributed by atoms with van der Waals surface area (Å²) in [5, 5.41) is 8.75. The highest BCUT2D eigenvalue weighted by Gasteiger charge is 2.16. The molecule has 3 N–H and O–H groups in total. The number of hydrogen-bond donors (Lipinski definition) is 3. The maximum atomic E-state index is 11.4. The van der Waals surface area contributed by atoms with Crippen LogP contribution < -0.4 is 9.44 Å². The highest BCUT2D eigenvalue weighted by molar-refractivity contribution is 7.88. The minimum Gasteiger partial charge on any atom is -0.449 e. The first-order valence-corrected chi connectivity index (χ1v) is 6.98. The second kappa shape index (κ2) is 8.26. The van der Waals surface area contributed by atoms with Crippen LogP contribution >= 0.6 is 0 Å². The Balaban J connectivity index is 4.12. The van der Waals surface area contributed by atoms with Crippen LogP contribution in [0.2, 0.25) is 0 Å². The number of carbonyl (C=O) groups excluding carboxylic acids is 1. The fourth-order valence-electron chi connectivity index (χ4n) is 1.17. The number of aliphatic hydroxyl groups is 1. The molecule has 0 radical (unpaired) electrons. The van der Waals surface area contributed by atoms with Gasteiger partial charge in [-0.3, -0.25) is 0 Å². The SMILES string of the molecule is CCOC(=O)NS(=O)(=O)NCC(CC)CCO. The molecule has 7 nitrogen and oxygen atoms in total. The van der Waals surface area contributed by atoms with Gasteiger partial charge in [-0.1, -0.05) is 13.3 Å². The molecule has 1 atom stereocenters. The van der Waals surface area contributed by atoms with E-state index in [0.717, 1.165) is 6.42 Å². The minimum atomic E-state index is -3.88. The molecule has 0 fully saturated rings. The number of carbonyl (C=O) groups is 1.